The molecular weight excluding hydrogens is 321 g/mol. The van der Waals surface area contributed by atoms with Crippen LogP contribution in [-0.2, 0) is 5.41 Å². The van der Waals surface area contributed by atoms with Gasteiger partial charge in [0, 0.05) is 24.1 Å². The van der Waals surface area contributed by atoms with Crippen molar-refractivity contribution in [1.29, 1.82) is 0 Å². The molecular formula is C17H19F3N2S. The van der Waals surface area contributed by atoms with Gasteiger partial charge in [-0.2, -0.15) is 4.39 Å². The molecule has 0 amide bonds. The number of nitrogens with zero attached hydrogens (tertiary/aromatic N) is 2. The van der Waals surface area contributed by atoms with Crippen molar-refractivity contribution < 1.29 is 13.2 Å². The van der Waals surface area contributed by atoms with Crippen molar-refractivity contribution in [2.24, 2.45) is 0 Å². The topological polar surface area (TPSA) is 16.1 Å². The molecule has 0 radical (unpaired) electrons. The van der Waals surface area contributed by atoms with Crippen LogP contribution in [0.15, 0.2) is 12.1 Å². The van der Waals surface area contributed by atoms with Crippen molar-refractivity contribution in [2.75, 3.05) is 18.0 Å². The van der Waals surface area contributed by atoms with E-state index in [1.54, 1.807) is 4.90 Å². The van der Waals surface area contributed by atoms with Crippen LogP contribution in [0, 0.1) is 16.8 Å². The van der Waals surface area contributed by atoms with Crippen molar-refractivity contribution in [3.8, 4) is 11.3 Å². The van der Waals surface area contributed by atoms with E-state index in [1.165, 1.54) is 12.1 Å². The molecule has 0 saturated carbocycles. The Morgan fingerprint density at radius 1 is 1.04 bits per heavy atom. The number of rotatable bonds is 2. The normalized spacial score (nSPS) is 15.5. The molecule has 2 nitrogen and oxygen atoms in total. The summed E-state index contributed by atoms with van der Waals surface area (Å²) in [6.07, 6.45) is 1.85. The summed E-state index contributed by atoms with van der Waals surface area (Å²) in [5.41, 5.74) is -0.160. The Balaban J connectivity index is 2.03. The van der Waals surface area contributed by atoms with Gasteiger partial charge in [0.15, 0.2) is 0 Å². The second-order valence-electron chi connectivity index (χ2n) is 6.87. The second-order valence-corrected chi connectivity index (χ2v) is 7.82. The molecule has 23 heavy (non-hydrogen) atoms. The fourth-order valence-corrected chi connectivity index (χ4v) is 3.62. The molecule has 0 aliphatic carbocycles. The van der Waals surface area contributed by atoms with Crippen LogP contribution in [0.4, 0.5) is 18.9 Å². The Hall–Kier alpha value is -1.56. The van der Waals surface area contributed by atoms with Crippen LogP contribution in [0.5, 0.6) is 0 Å². The minimum atomic E-state index is -0.661. The summed E-state index contributed by atoms with van der Waals surface area (Å²) in [4.78, 5) is 5.96. The van der Waals surface area contributed by atoms with Gasteiger partial charge in [0.2, 0.25) is 5.13 Å². The van der Waals surface area contributed by atoms with Crippen LogP contribution in [0.25, 0.3) is 11.3 Å². The Morgan fingerprint density at radius 2 is 1.61 bits per heavy atom. The van der Waals surface area contributed by atoms with Crippen LogP contribution in [-0.4, -0.2) is 18.1 Å². The summed E-state index contributed by atoms with van der Waals surface area (Å²) in [5, 5.41) is 0.0945. The number of halogens is 3. The van der Waals surface area contributed by atoms with Gasteiger partial charge in [0.1, 0.15) is 28.0 Å². The van der Waals surface area contributed by atoms with Crippen LogP contribution in [0.3, 0.4) is 0 Å². The average Bonchev–Trinajstić information content (AvgIpc) is 3.06. The number of hydrogen-bond donors (Lipinski definition) is 0. The molecule has 2 aromatic rings. The van der Waals surface area contributed by atoms with E-state index >= 15 is 0 Å². The van der Waals surface area contributed by atoms with Crippen LogP contribution < -0.4 is 4.90 Å². The van der Waals surface area contributed by atoms with E-state index in [0.717, 1.165) is 24.2 Å². The van der Waals surface area contributed by atoms with E-state index in [4.69, 9.17) is 0 Å². The van der Waals surface area contributed by atoms with Gasteiger partial charge in [-0.25, -0.2) is 13.8 Å². The zero-order valence-corrected chi connectivity index (χ0v) is 14.2. The molecule has 0 spiro atoms. The SMILES string of the molecule is CC(C)(C)c1nc(-c2cc(F)c(N3CCCC3)c(F)c2)c(F)s1. The molecule has 1 aliphatic heterocycles. The summed E-state index contributed by atoms with van der Waals surface area (Å²) in [6, 6.07) is 2.36. The second kappa shape index (κ2) is 5.82. The summed E-state index contributed by atoms with van der Waals surface area (Å²) in [6.45, 7) is 7.06. The minimum Gasteiger partial charge on any atom is -0.367 e. The quantitative estimate of drug-likeness (QED) is 0.754. The lowest BCUT2D eigenvalue weighted by Gasteiger charge is -2.19. The van der Waals surface area contributed by atoms with Gasteiger partial charge in [-0.05, 0) is 25.0 Å². The maximum atomic E-state index is 14.4. The average molecular weight is 340 g/mol. The summed E-state index contributed by atoms with van der Waals surface area (Å²) >= 11 is 0.924. The fourth-order valence-electron chi connectivity index (χ4n) is 2.75. The first-order valence-corrected chi connectivity index (χ1v) is 8.50. The standard InChI is InChI=1S/C17H19F3N2S/c1-17(2,3)16-21-13(15(20)23-16)10-8-11(18)14(12(19)9-10)22-6-4-5-7-22/h8-9H,4-7H2,1-3H3. The van der Waals surface area contributed by atoms with E-state index in [1.807, 2.05) is 20.8 Å². The van der Waals surface area contributed by atoms with E-state index < -0.39 is 16.8 Å². The molecule has 1 aliphatic rings. The number of aromatic nitrogens is 1. The molecule has 3 rings (SSSR count). The molecule has 0 atom stereocenters. The first-order chi connectivity index (χ1) is 10.8. The summed E-state index contributed by atoms with van der Waals surface area (Å²) < 4.78 is 43.0. The van der Waals surface area contributed by atoms with Gasteiger partial charge in [0.25, 0.3) is 0 Å². The number of anilines is 1. The predicted molar refractivity (Wildman–Crippen MR) is 87.6 cm³/mol. The number of thiazole rings is 1. The molecule has 0 N–H and O–H groups in total. The monoisotopic (exact) mass is 340 g/mol. The number of benzene rings is 1. The lowest BCUT2D eigenvalue weighted by molar-refractivity contribution is 0.577. The summed E-state index contributed by atoms with van der Waals surface area (Å²) in [7, 11) is 0. The molecule has 6 heteroatoms. The van der Waals surface area contributed by atoms with Crippen LogP contribution >= 0.6 is 11.3 Å². The van der Waals surface area contributed by atoms with E-state index in [9.17, 15) is 13.2 Å². The lowest BCUT2D eigenvalue weighted by atomic mass is 9.98. The molecule has 1 fully saturated rings. The van der Waals surface area contributed by atoms with Crippen molar-refractivity contribution in [3.05, 3.63) is 33.9 Å². The van der Waals surface area contributed by atoms with Gasteiger partial charge >= 0.3 is 0 Å². The highest BCUT2D eigenvalue weighted by Gasteiger charge is 2.25. The third-order valence-corrected chi connectivity index (χ3v) is 5.21. The Bertz CT molecular complexity index is 705. The lowest BCUT2D eigenvalue weighted by Crippen LogP contribution is -2.20. The highest BCUT2D eigenvalue weighted by atomic mass is 32.1. The maximum absolute atomic E-state index is 14.4. The maximum Gasteiger partial charge on any atom is 0.204 e. The molecule has 0 unspecified atom stereocenters. The highest BCUT2D eigenvalue weighted by molar-refractivity contribution is 7.10. The van der Waals surface area contributed by atoms with Crippen LogP contribution in [0.1, 0.15) is 38.6 Å². The third-order valence-electron chi connectivity index (χ3n) is 3.94. The minimum absolute atomic E-state index is 0.0158. The third kappa shape index (κ3) is 3.09. The first-order valence-electron chi connectivity index (χ1n) is 7.68. The fraction of sp³-hybridized carbons (Fsp3) is 0.471. The van der Waals surface area contributed by atoms with Crippen LogP contribution in [0.2, 0.25) is 0 Å². The van der Waals surface area contributed by atoms with Gasteiger partial charge in [-0.1, -0.05) is 32.1 Å². The highest BCUT2D eigenvalue weighted by Crippen LogP contribution is 2.36. The van der Waals surface area contributed by atoms with Crippen molar-refractivity contribution in [2.45, 2.75) is 39.0 Å². The Kier molecular flexibility index (Phi) is 4.12. The van der Waals surface area contributed by atoms with Crippen molar-refractivity contribution >= 4 is 17.0 Å². The molecule has 2 heterocycles. The van der Waals surface area contributed by atoms with Gasteiger partial charge < -0.3 is 4.90 Å². The Labute approximate surface area is 138 Å². The Morgan fingerprint density at radius 3 is 2.09 bits per heavy atom. The van der Waals surface area contributed by atoms with Gasteiger partial charge in [0.05, 0.1) is 0 Å². The summed E-state index contributed by atoms with van der Waals surface area (Å²) in [5.74, 6) is -1.32. The largest absolute Gasteiger partial charge is 0.367 e. The van der Waals surface area contributed by atoms with E-state index in [0.29, 0.717) is 18.1 Å². The zero-order chi connectivity index (χ0) is 16.8. The van der Waals surface area contributed by atoms with Gasteiger partial charge in [-0.3, -0.25) is 0 Å². The number of hydrogen-bond acceptors (Lipinski definition) is 3. The first kappa shape index (κ1) is 16.3. The molecule has 124 valence electrons. The van der Waals surface area contributed by atoms with Crippen molar-refractivity contribution in [3.63, 3.8) is 0 Å². The molecule has 1 aromatic carbocycles. The molecule has 1 aromatic heterocycles. The molecule has 1 saturated heterocycles. The zero-order valence-electron chi connectivity index (χ0n) is 13.4. The smallest absolute Gasteiger partial charge is 0.204 e. The van der Waals surface area contributed by atoms with Crippen molar-refractivity contribution in [1.82, 2.24) is 4.98 Å². The van der Waals surface area contributed by atoms with Gasteiger partial charge in [-0.15, -0.1) is 0 Å². The van der Waals surface area contributed by atoms with E-state index in [2.05, 4.69) is 4.98 Å². The van der Waals surface area contributed by atoms with E-state index in [-0.39, 0.29) is 22.4 Å². The molecule has 0 bridgehead atoms. The predicted octanol–water partition coefficient (Wildman–Crippen LogP) is 5.13.